The third-order valence-electron chi connectivity index (χ3n) is 5.41. The van der Waals surface area contributed by atoms with Gasteiger partial charge in [-0.15, -0.1) is 5.10 Å². The number of rotatable bonds is 7. The maximum Gasteiger partial charge on any atom is 0.214 e. The highest BCUT2D eigenvalue weighted by Crippen LogP contribution is 2.33. The third-order valence-corrected chi connectivity index (χ3v) is 6.34. The van der Waals surface area contributed by atoms with Gasteiger partial charge in [-0.05, 0) is 59.5 Å². The highest BCUT2D eigenvalue weighted by molar-refractivity contribution is 7.98. The largest absolute Gasteiger partial charge is 0.497 e. The molecule has 0 saturated carbocycles. The summed E-state index contributed by atoms with van der Waals surface area (Å²) in [5, 5.41) is 17.9. The summed E-state index contributed by atoms with van der Waals surface area (Å²) in [5.74, 6) is 2.07. The van der Waals surface area contributed by atoms with Crippen LogP contribution < -0.4 is 9.47 Å². The molecule has 0 N–H and O–H groups in total. The Morgan fingerprint density at radius 3 is 2.68 bits per heavy atom. The number of hydrogen-bond acceptors (Lipinski definition) is 7. The molecule has 1 aliphatic carbocycles. The molecule has 4 aromatic rings. The average Bonchev–Trinajstić information content (AvgIpc) is 3.55. The van der Waals surface area contributed by atoms with E-state index in [-0.39, 0.29) is 0 Å². The summed E-state index contributed by atoms with van der Waals surface area (Å²) in [6, 6.07) is 15.9. The smallest absolute Gasteiger partial charge is 0.214 e. The second kappa shape index (κ2) is 8.43. The first-order valence-corrected chi connectivity index (χ1v) is 11.1. The Morgan fingerprint density at radius 1 is 1.00 bits per heavy atom. The Hall–Kier alpha value is -3.33. The van der Waals surface area contributed by atoms with Crippen molar-refractivity contribution in [3.05, 3.63) is 65.5 Å². The summed E-state index contributed by atoms with van der Waals surface area (Å²) in [7, 11) is 3.26. The average molecular weight is 435 g/mol. The van der Waals surface area contributed by atoms with Gasteiger partial charge in [-0.25, -0.2) is 4.68 Å². The van der Waals surface area contributed by atoms with Crippen LogP contribution in [0.3, 0.4) is 0 Å². The van der Waals surface area contributed by atoms with Gasteiger partial charge in [0.15, 0.2) is 0 Å². The highest BCUT2D eigenvalue weighted by atomic mass is 32.2. The van der Waals surface area contributed by atoms with Gasteiger partial charge >= 0.3 is 0 Å². The van der Waals surface area contributed by atoms with Crippen LogP contribution in [0, 0.1) is 0 Å². The fourth-order valence-corrected chi connectivity index (χ4v) is 4.78. The van der Waals surface area contributed by atoms with Crippen molar-refractivity contribution >= 4 is 11.8 Å². The van der Waals surface area contributed by atoms with E-state index in [2.05, 4.69) is 32.3 Å². The predicted octanol–water partition coefficient (Wildman–Crippen LogP) is 3.65. The number of methoxy groups -OCH3 is 2. The van der Waals surface area contributed by atoms with E-state index < -0.39 is 0 Å². The molecular weight excluding hydrogens is 412 g/mol. The van der Waals surface area contributed by atoms with E-state index in [0.29, 0.717) is 22.4 Å². The van der Waals surface area contributed by atoms with E-state index in [9.17, 15) is 0 Å². The van der Waals surface area contributed by atoms with Gasteiger partial charge in [0, 0.05) is 17.5 Å². The zero-order valence-corrected chi connectivity index (χ0v) is 18.2. The minimum absolute atomic E-state index is 0.671. The molecule has 1 aliphatic rings. The SMILES string of the molecule is COc1ccc(OC)c(-n2nnnc2SCc2nn(-c3ccccc3)c3c2CCC3)c1. The van der Waals surface area contributed by atoms with Crippen molar-refractivity contribution in [2.24, 2.45) is 0 Å². The van der Waals surface area contributed by atoms with Crippen molar-refractivity contribution in [1.29, 1.82) is 0 Å². The molecule has 0 aliphatic heterocycles. The minimum atomic E-state index is 0.671. The van der Waals surface area contributed by atoms with Crippen LogP contribution >= 0.6 is 11.8 Å². The van der Waals surface area contributed by atoms with E-state index in [0.717, 1.165) is 36.3 Å². The molecule has 9 heteroatoms. The van der Waals surface area contributed by atoms with Crippen LogP contribution in [0.4, 0.5) is 0 Å². The number of para-hydroxylation sites is 1. The van der Waals surface area contributed by atoms with Gasteiger partial charge in [0.25, 0.3) is 0 Å². The molecule has 0 radical (unpaired) electrons. The molecule has 5 rings (SSSR count). The van der Waals surface area contributed by atoms with Crippen molar-refractivity contribution < 1.29 is 9.47 Å². The molecule has 0 fully saturated rings. The summed E-state index contributed by atoms with van der Waals surface area (Å²) in [4.78, 5) is 0. The molecule has 0 saturated heterocycles. The van der Waals surface area contributed by atoms with Crippen LogP contribution in [-0.4, -0.2) is 44.2 Å². The van der Waals surface area contributed by atoms with Crippen molar-refractivity contribution in [2.45, 2.75) is 30.2 Å². The molecule has 2 aromatic heterocycles. The van der Waals surface area contributed by atoms with E-state index >= 15 is 0 Å². The van der Waals surface area contributed by atoms with Crippen LogP contribution in [0.5, 0.6) is 11.5 Å². The Balaban J connectivity index is 1.44. The van der Waals surface area contributed by atoms with Gasteiger partial charge in [0.05, 0.1) is 25.6 Å². The standard InChI is InChI=1S/C22H22N6O2S/c1-29-16-11-12-21(30-2)20(13-16)28-22(23-25-26-28)31-14-18-17-9-6-10-19(17)27(24-18)15-7-4-3-5-8-15/h3-5,7-8,11-13H,6,9-10,14H2,1-2H3. The number of aromatic nitrogens is 6. The lowest BCUT2D eigenvalue weighted by molar-refractivity contribution is 0.399. The van der Waals surface area contributed by atoms with Crippen LogP contribution in [0.1, 0.15) is 23.4 Å². The van der Waals surface area contributed by atoms with Crippen molar-refractivity contribution in [3.63, 3.8) is 0 Å². The summed E-state index contributed by atoms with van der Waals surface area (Å²) < 4.78 is 14.6. The lowest BCUT2D eigenvalue weighted by atomic mass is 10.2. The topological polar surface area (TPSA) is 79.9 Å². The van der Waals surface area contributed by atoms with Crippen molar-refractivity contribution in [2.75, 3.05) is 14.2 Å². The summed E-state index contributed by atoms with van der Waals surface area (Å²) >= 11 is 1.56. The van der Waals surface area contributed by atoms with E-state index in [4.69, 9.17) is 14.6 Å². The molecule has 31 heavy (non-hydrogen) atoms. The molecular formula is C22H22N6O2S. The number of tetrazole rings is 1. The summed E-state index contributed by atoms with van der Waals surface area (Å²) in [6.45, 7) is 0. The zero-order chi connectivity index (χ0) is 21.2. The van der Waals surface area contributed by atoms with Gasteiger partial charge < -0.3 is 9.47 Å². The Bertz CT molecular complexity index is 1200. The van der Waals surface area contributed by atoms with Gasteiger partial charge in [-0.2, -0.15) is 9.78 Å². The highest BCUT2D eigenvalue weighted by Gasteiger charge is 2.24. The maximum absolute atomic E-state index is 5.50. The molecule has 2 aromatic carbocycles. The van der Waals surface area contributed by atoms with Crippen molar-refractivity contribution in [1.82, 2.24) is 30.0 Å². The fourth-order valence-electron chi connectivity index (χ4n) is 3.93. The quantitative estimate of drug-likeness (QED) is 0.411. The van der Waals surface area contributed by atoms with Gasteiger partial charge in [0.1, 0.15) is 17.2 Å². The van der Waals surface area contributed by atoms with Crippen LogP contribution in [-0.2, 0) is 18.6 Å². The Morgan fingerprint density at radius 2 is 1.87 bits per heavy atom. The maximum atomic E-state index is 5.50. The first kappa shape index (κ1) is 19.6. The van der Waals surface area contributed by atoms with Gasteiger partial charge in [-0.1, -0.05) is 30.0 Å². The monoisotopic (exact) mass is 434 g/mol. The van der Waals surface area contributed by atoms with E-state index in [1.54, 1.807) is 30.7 Å². The molecule has 0 spiro atoms. The van der Waals surface area contributed by atoms with E-state index in [1.165, 1.54) is 11.3 Å². The molecule has 0 atom stereocenters. The fraction of sp³-hybridized carbons (Fsp3) is 0.273. The normalized spacial score (nSPS) is 12.7. The molecule has 8 nitrogen and oxygen atoms in total. The molecule has 158 valence electrons. The number of hydrogen-bond donors (Lipinski definition) is 0. The Kier molecular flexibility index (Phi) is 5.33. The van der Waals surface area contributed by atoms with Crippen molar-refractivity contribution in [3.8, 4) is 22.9 Å². The zero-order valence-electron chi connectivity index (χ0n) is 17.4. The Labute approximate surface area is 184 Å². The first-order valence-electron chi connectivity index (χ1n) is 10.1. The number of benzene rings is 2. The molecule has 0 bridgehead atoms. The van der Waals surface area contributed by atoms with E-state index in [1.807, 2.05) is 36.4 Å². The summed E-state index contributed by atoms with van der Waals surface area (Å²) in [5.41, 5.74) is 5.59. The number of nitrogens with zero attached hydrogens (tertiary/aromatic N) is 6. The first-order chi connectivity index (χ1) is 15.3. The lowest BCUT2D eigenvalue weighted by Gasteiger charge is -2.11. The molecule has 0 unspecified atom stereocenters. The van der Waals surface area contributed by atoms with Crippen LogP contribution in [0.25, 0.3) is 11.4 Å². The number of fused-ring (bicyclic) bond motifs is 1. The third kappa shape index (κ3) is 3.65. The second-order valence-electron chi connectivity index (χ2n) is 7.17. The van der Waals surface area contributed by atoms with Gasteiger partial charge in [0.2, 0.25) is 5.16 Å². The van der Waals surface area contributed by atoms with Crippen LogP contribution in [0.15, 0.2) is 53.7 Å². The minimum Gasteiger partial charge on any atom is -0.497 e. The number of ether oxygens (including phenoxy) is 2. The number of thioether (sulfide) groups is 1. The van der Waals surface area contributed by atoms with Crippen LogP contribution in [0.2, 0.25) is 0 Å². The van der Waals surface area contributed by atoms with Gasteiger partial charge in [-0.3, -0.25) is 0 Å². The molecule has 2 heterocycles. The second-order valence-corrected chi connectivity index (χ2v) is 8.12. The predicted molar refractivity (Wildman–Crippen MR) is 117 cm³/mol. The lowest BCUT2D eigenvalue weighted by Crippen LogP contribution is -2.03. The molecule has 0 amide bonds. The summed E-state index contributed by atoms with van der Waals surface area (Å²) in [6.07, 6.45) is 3.28.